The van der Waals surface area contributed by atoms with E-state index >= 15 is 0 Å². The van der Waals surface area contributed by atoms with Gasteiger partial charge in [-0.1, -0.05) is 6.07 Å². The zero-order chi connectivity index (χ0) is 12.1. The Morgan fingerprint density at radius 3 is 3.00 bits per heavy atom. The Kier molecular flexibility index (Phi) is 3.79. The van der Waals surface area contributed by atoms with Crippen LogP contribution in [0.1, 0.15) is 10.7 Å². The topological polar surface area (TPSA) is 75.1 Å². The molecule has 2 heterocycles. The van der Waals surface area contributed by atoms with E-state index in [2.05, 4.69) is 15.3 Å². The second kappa shape index (κ2) is 5.51. The number of aliphatic hydroxyl groups is 1. The molecule has 0 atom stereocenters. The number of aliphatic hydroxyl groups excluding tert-OH is 1. The van der Waals surface area contributed by atoms with E-state index in [9.17, 15) is 4.79 Å². The number of hydrogen-bond acceptors (Lipinski definition) is 5. The highest BCUT2D eigenvalue weighted by Gasteiger charge is 2.08. The van der Waals surface area contributed by atoms with Gasteiger partial charge in [0.1, 0.15) is 10.8 Å². The van der Waals surface area contributed by atoms with Crippen LogP contribution >= 0.6 is 11.3 Å². The van der Waals surface area contributed by atoms with Crippen molar-refractivity contribution in [2.75, 3.05) is 5.32 Å². The summed E-state index contributed by atoms with van der Waals surface area (Å²) in [4.78, 5) is 19.7. The molecule has 5 nitrogen and oxygen atoms in total. The maximum atomic E-state index is 11.6. The molecular formula is C11H11N3O2S. The minimum absolute atomic E-state index is 0.0988. The molecule has 6 heteroatoms. The summed E-state index contributed by atoms with van der Waals surface area (Å²) in [5, 5.41) is 13.9. The third-order valence-electron chi connectivity index (χ3n) is 2.01. The second-order valence-corrected chi connectivity index (χ2v) is 4.27. The lowest BCUT2D eigenvalue weighted by Crippen LogP contribution is -2.15. The fourth-order valence-corrected chi connectivity index (χ4v) is 2.05. The number of amides is 1. The van der Waals surface area contributed by atoms with E-state index in [1.807, 2.05) is 0 Å². The number of aromatic nitrogens is 2. The summed E-state index contributed by atoms with van der Waals surface area (Å²) >= 11 is 1.36. The Labute approximate surface area is 102 Å². The molecule has 0 aromatic carbocycles. The minimum atomic E-state index is -0.164. The predicted molar refractivity (Wildman–Crippen MR) is 64.6 cm³/mol. The summed E-state index contributed by atoms with van der Waals surface area (Å²) in [6.07, 6.45) is 1.81. The van der Waals surface area contributed by atoms with Crippen molar-refractivity contribution in [2.45, 2.75) is 13.0 Å². The zero-order valence-corrected chi connectivity index (χ0v) is 9.78. The van der Waals surface area contributed by atoms with Crippen molar-refractivity contribution in [3.63, 3.8) is 0 Å². The van der Waals surface area contributed by atoms with Crippen molar-refractivity contribution in [2.24, 2.45) is 0 Å². The molecule has 88 valence electrons. The standard InChI is InChI=1S/C11H11N3O2S/c15-6-8-7-17-11(13-8)5-10(16)14-9-3-1-2-4-12-9/h1-4,7,15H,5-6H2,(H,12,14,16). The Balaban J connectivity index is 1.93. The number of anilines is 1. The van der Waals surface area contributed by atoms with Gasteiger partial charge in [0.2, 0.25) is 5.91 Å². The van der Waals surface area contributed by atoms with Gasteiger partial charge in [-0.2, -0.15) is 0 Å². The number of nitrogens with zero attached hydrogens (tertiary/aromatic N) is 2. The van der Waals surface area contributed by atoms with E-state index in [0.29, 0.717) is 16.5 Å². The first-order valence-electron chi connectivity index (χ1n) is 5.03. The highest BCUT2D eigenvalue weighted by molar-refractivity contribution is 7.09. The third kappa shape index (κ3) is 3.33. The lowest BCUT2D eigenvalue weighted by Gasteiger charge is -2.01. The summed E-state index contributed by atoms with van der Waals surface area (Å²) < 4.78 is 0. The molecule has 0 unspecified atom stereocenters. The normalized spacial score (nSPS) is 10.2. The molecule has 0 saturated carbocycles. The molecule has 17 heavy (non-hydrogen) atoms. The summed E-state index contributed by atoms with van der Waals surface area (Å²) in [6, 6.07) is 5.30. The maximum absolute atomic E-state index is 11.6. The number of hydrogen-bond donors (Lipinski definition) is 2. The highest BCUT2D eigenvalue weighted by Crippen LogP contribution is 2.11. The van der Waals surface area contributed by atoms with E-state index in [-0.39, 0.29) is 18.9 Å². The number of thiazole rings is 1. The van der Waals surface area contributed by atoms with Gasteiger partial charge in [-0.3, -0.25) is 4.79 Å². The van der Waals surface area contributed by atoms with Crippen molar-refractivity contribution >= 4 is 23.1 Å². The molecule has 2 aromatic heterocycles. The molecule has 2 aromatic rings. The number of pyridine rings is 1. The van der Waals surface area contributed by atoms with Crippen LogP contribution < -0.4 is 5.32 Å². The first-order chi connectivity index (χ1) is 8.28. The van der Waals surface area contributed by atoms with Crippen LogP contribution in [0.4, 0.5) is 5.82 Å². The van der Waals surface area contributed by atoms with Gasteiger partial charge in [0.15, 0.2) is 0 Å². The molecule has 2 N–H and O–H groups in total. The summed E-state index contributed by atoms with van der Waals surface area (Å²) in [6.45, 7) is -0.0988. The molecule has 0 aliphatic rings. The first kappa shape index (κ1) is 11.7. The maximum Gasteiger partial charge on any atom is 0.232 e. The quantitative estimate of drug-likeness (QED) is 0.854. The molecule has 0 aliphatic heterocycles. The van der Waals surface area contributed by atoms with Gasteiger partial charge < -0.3 is 10.4 Å². The van der Waals surface area contributed by atoms with Crippen LogP contribution in [-0.4, -0.2) is 21.0 Å². The summed E-state index contributed by atoms with van der Waals surface area (Å²) in [5.41, 5.74) is 0.593. The lowest BCUT2D eigenvalue weighted by molar-refractivity contribution is -0.115. The molecule has 0 bridgehead atoms. The second-order valence-electron chi connectivity index (χ2n) is 3.33. The smallest absolute Gasteiger partial charge is 0.232 e. The van der Waals surface area contributed by atoms with Crippen LogP contribution in [0, 0.1) is 0 Å². The Hall–Kier alpha value is -1.79. The van der Waals surface area contributed by atoms with Crippen LogP contribution in [0.5, 0.6) is 0 Å². The zero-order valence-electron chi connectivity index (χ0n) is 8.96. The Bertz CT molecular complexity index is 498. The number of carbonyl (C=O) groups is 1. The number of rotatable bonds is 4. The van der Waals surface area contributed by atoms with Gasteiger partial charge in [0.05, 0.1) is 18.7 Å². The largest absolute Gasteiger partial charge is 0.390 e. The van der Waals surface area contributed by atoms with Crippen molar-refractivity contribution < 1.29 is 9.90 Å². The molecule has 0 fully saturated rings. The third-order valence-corrected chi connectivity index (χ3v) is 2.90. The van der Waals surface area contributed by atoms with Gasteiger partial charge >= 0.3 is 0 Å². The molecule has 0 saturated heterocycles. The van der Waals surface area contributed by atoms with Crippen LogP contribution in [0.2, 0.25) is 0 Å². The van der Waals surface area contributed by atoms with Crippen LogP contribution in [0.25, 0.3) is 0 Å². The van der Waals surface area contributed by atoms with Crippen molar-refractivity contribution in [3.8, 4) is 0 Å². The van der Waals surface area contributed by atoms with Gasteiger partial charge in [-0.15, -0.1) is 11.3 Å². The van der Waals surface area contributed by atoms with Gasteiger partial charge in [-0.05, 0) is 12.1 Å². The van der Waals surface area contributed by atoms with E-state index in [1.165, 1.54) is 11.3 Å². The van der Waals surface area contributed by atoms with Gasteiger partial charge in [0.25, 0.3) is 0 Å². The Morgan fingerprint density at radius 1 is 1.47 bits per heavy atom. The fourth-order valence-electron chi connectivity index (χ4n) is 1.26. The molecule has 0 radical (unpaired) electrons. The molecular weight excluding hydrogens is 238 g/mol. The van der Waals surface area contributed by atoms with Crippen LogP contribution in [0.3, 0.4) is 0 Å². The monoisotopic (exact) mass is 249 g/mol. The van der Waals surface area contributed by atoms with E-state index in [0.717, 1.165) is 0 Å². The summed E-state index contributed by atoms with van der Waals surface area (Å²) in [7, 11) is 0. The minimum Gasteiger partial charge on any atom is -0.390 e. The number of nitrogens with one attached hydrogen (secondary N) is 1. The van der Waals surface area contributed by atoms with Crippen LogP contribution in [-0.2, 0) is 17.8 Å². The van der Waals surface area contributed by atoms with Crippen LogP contribution in [0.15, 0.2) is 29.8 Å². The molecule has 2 rings (SSSR count). The fraction of sp³-hybridized carbons (Fsp3) is 0.182. The first-order valence-corrected chi connectivity index (χ1v) is 5.91. The SMILES string of the molecule is O=C(Cc1nc(CO)cs1)Nc1ccccn1. The average molecular weight is 249 g/mol. The van der Waals surface area contributed by atoms with Crippen molar-refractivity contribution in [3.05, 3.63) is 40.5 Å². The average Bonchev–Trinajstić information content (AvgIpc) is 2.78. The molecule has 1 amide bonds. The van der Waals surface area contributed by atoms with E-state index < -0.39 is 0 Å². The van der Waals surface area contributed by atoms with E-state index in [1.54, 1.807) is 29.8 Å². The lowest BCUT2D eigenvalue weighted by atomic mass is 10.4. The molecule has 0 spiro atoms. The number of carbonyl (C=O) groups excluding carboxylic acids is 1. The van der Waals surface area contributed by atoms with E-state index in [4.69, 9.17) is 5.11 Å². The summed E-state index contributed by atoms with van der Waals surface area (Å²) in [5.74, 6) is 0.360. The van der Waals surface area contributed by atoms with Crippen molar-refractivity contribution in [1.82, 2.24) is 9.97 Å². The van der Waals surface area contributed by atoms with Gasteiger partial charge in [-0.25, -0.2) is 9.97 Å². The molecule has 0 aliphatic carbocycles. The van der Waals surface area contributed by atoms with Crippen molar-refractivity contribution in [1.29, 1.82) is 0 Å². The highest BCUT2D eigenvalue weighted by atomic mass is 32.1. The van der Waals surface area contributed by atoms with Gasteiger partial charge in [0, 0.05) is 11.6 Å². The predicted octanol–water partition coefficient (Wildman–Crippen LogP) is 1.21. The Morgan fingerprint density at radius 2 is 2.35 bits per heavy atom.